The summed E-state index contributed by atoms with van der Waals surface area (Å²) in [6.45, 7) is 3.48. The lowest BCUT2D eigenvalue weighted by molar-refractivity contribution is -0.104. The SMILES string of the molecule is O=C/C=C/CN1CC2CCCC2C1. The van der Waals surface area contributed by atoms with Crippen LogP contribution in [-0.4, -0.2) is 30.8 Å². The van der Waals surface area contributed by atoms with Crippen molar-refractivity contribution < 1.29 is 4.79 Å². The quantitative estimate of drug-likeness (QED) is 0.483. The van der Waals surface area contributed by atoms with Crippen molar-refractivity contribution in [2.24, 2.45) is 11.8 Å². The Hall–Kier alpha value is -0.630. The van der Waals surface area contributed by atoms with Gasteiger partial charge in [-0.25, -0.2) is 0 Å². The summed E-state index contributed by atoms with van der Waals surface area (Å²) in [7, 11) is 0. The van der Waals surface area contributed by atoms with Crippen LogP contribution in [0.4, 0.5) is 0 Å². The Morgan fingerprint density at radius 2 is 1.92 bits per heavy atom. The van der Waals surface area contributed by atoms with Crippen molar-refractivity contribution in [3.8, 4) is 0 Å². The highest BCUT2D eigenvalue weighted by molar-refractivity contribution is 5.64. The number of hydrogen-bond donors (Lipinski definition) is 0. The minimum absolute atomic E-state index is 0.858. The third-order valence-corrected chi connectivity index (χ3v) is 3.38. The third-order valence-electron chi connectivity index (χ3n) is 3.38. The molecule has 2 unspecified atom stereocenters. The molecule has 0 amide bonds. The van der Waals surface area contributed by atoms with E-state index < -0.39 is 0 Å². The monoisotopic (exact) mass is 179 g/mol. The Balaban J connectivity index is 1.78. The number of nitrogens with zero attached hydrogens (tertiary/aromatic N) is 1. The summed E-state index contributed by atoms with van der Waals surface area (Å²) in [5.41, 5.74) is 0. The van der Waals surface area contributed by atoms with Gasteiger partial charge in [0.1, 0.15) is 6.29 Å². The molecule has 72 valence electrons. The van der Waals surface area contributed by atoms with E-state index in [9.17, 15) is 4.79 Å². The molecule has 1 aliphatic heterocycles. The number of carbonyl (C=O) groups is 1. The maximum Gasteiger partial charge on any atom is 0.142 e. The molecular weight excluding hydrogens is 162 g/mol. The van der Waals surface area contributed by atoms with Gasteiger partial charge in [-0.1, -0.05) is 12.5 Å². The summed E-state index contributed by atoms with van der Waals surface area (Å²) < 4.78 is 0. The number of aldehydes is 1. The Bertz CT molecular complexity index is 200. The largest absolute Gasteiger partial charge is 0.299 e. The Morgan fingerprint density at radius 1 is 1.23 bits per heavy atom. The first-order valence-electron chi connectivity index (χ1n) is 5.23. The predicted molar refractivity (Wildman–Crippen MR) is 52.5 cm³/mol. The van der Waals surface area contributed by atoms with E-state index in [1.807, 2.05) is 6.08 Å². The third kappa shape index (κ3) is 1.99. The van der Waals surface area contributed by atoms with Crippen LogP contribution in [0.25, 0.3) is 0 Å². The van der Waals surface area contributed by atoms with E-state index >= 15 is 0 Å². The summed E-state index contributed by atoms with van der Waals surface area (Å²) >= 11 is 0. The minimum atomic E-state index is 0.858. The number of hydrogen-bond acceptors (Lipinski definition) is 2. The van der Waals surface area contributed by atoms with E-state index in [2.05, 4.69) is 4.90 Å². The molecule has 0 aromatic carbocycles. The number of fused-ring (bicyclic) bond motifs is 1. The van der Waals surface area contributed by atoms with Crippen LogP contribution in [0.2, 0.25) is 0 Å². The van der Waals surface area contributed by atoms with Crippen LogP contribution in [0.5, 0.6) is 0 Å². The molecule has 2 aliphatic rings. The smallest absolute Gasteiger partial charge is 0.142 e. The van der Waals surface area contributed by atoms with Crippen LogP contribution in [0.15, 0.2) is 12.2 Å². The average Bonchev–Trinajstić information content (AvgIpc) is 2.64. The van der Waals surface area contributed by atoms with Gasteiger partial charge in [-0.15, -0.1) is 0 Å². The molecule has 0 radical (unpaired) electrons. The molecular formula is C11H17NO. The van der Waals surface area contributed by atoms with E-state index in [1.165, 1.54) is 32.4 Å². The first-order chi connectivity index (χ1) is 6.40. The fourth-order valence-electron chi connectivity index (χ4n) is 2.75. The lowest BCUT2D eigenvalue weighted by Crippen LogP contribution is -2.21. The zero-order valence-corrected chi connectivity index (χ0v) is 7.98. The Morgan fingerprint density at radius 3 is 2.54 bits per heavy atom. The van der Waals surface area contributed by atoms with Crippen LogP contribution in [-0.2, 0) is 4.79 Å². The van der Waals surface area contributed by atoms with Crippen molar-refractivity contribution in [1.82, 2.24) is 4.90 Å². The molecule has 0 aromatic heterocycles. The molecule has 0 aromatic rings. The molecule has 0 N–H and O–H groups in total. The van der Waals surface area contributed by atoms with Gasteiger partial charge in [0, 0.05) is 19.6 Å². The van der Waals surface area contributed by atoms with Gasteiger partial charge >= 0.3 is 0 Å². The van der Waals surface area contributed by atoms with Gasteiger partial charge in [-0.05, 0) is 30.8 Å². The maximum atomic E-state index is 10.1. The van der Waals surface area contributed by atoms with E-state index in [0.29, 0.717) is 0 Å². The molecule has 2 fully saturated rings. The normalized spacial score (nSPS) is 34.2. The summed E-state index contributed by atoms with van der Waals surface area (Å²) in [4.78, 5) is 12.5. The topological polar surface area (TPSA) is 20.3 Å². The van der Waals surface area contributed by atoms with Crippen molar-refractivity contribution in [1.29, 1.82) is 0 Å². The highest BCUT2D eigenvalue weighted by Gasteiger charge is 2.35. The van der Waals surface area contributed by atoms with Gasteiger partial charge < -0.3 is 0 Å². The van der Waals surface area contributed by atoms with Crippen LogP contribution in [0, 0.1) is 11.8 Å². The van der Waals surface area contributed by atoms with E-state index in [-0.39, 0.29) is 0 Å². The molecule has 0 spiro atoms. The summed E-state index contributed by atoms with van der Waals surface area (Å²) in [6.07, 6.45) is 8.73. The van der Waals surface area contributed by atoms with E-state index in [1.54, 1.807) is 6.08 Å². The van der Waals surface area contributed by atoms with Gasteiger partial charge in [0.05, 0.1) is 0 Å². The van der Waals surface area contributed by atoms with Gasteiger partial charge in [0.25, 0.3) is 0 Å². The second-order valence-electron chi connectivity index (χ2n) is 4.23. The standard InChI is InChI=1S/C11H17NO/c13-7-2-1-6-12-8-10-4-3-5-11(10)9-12/h1-2,7,10-11H,3-6,8-9H2/b2-1+. The van der Waals surface area contributed by atoms with Crippen LogP contribution in [0.1, 0.15) is 19.3 Å². The van der Waals surface area contributed by atoms with Crippen molar-refractivity contribution in [3.63, 3.8) is 0 Å². The fraction of sp³-hybridized carbons (Fsp3) is 0.727. The average molecular weight is 179 g/mol. The van der Waals surface area contributed by atoms with Gasteiger partial charge in [0.2, 0.25) is 0 Å². The lowest BCUT2D eigenvalue weighted by atomic mass is 10.0. The highest BCUT2D eigenvalue weighted by Crippen LogP contribution is 2.37. The fourth-order valence-corrected chi connectivity index (χ4v) is 2.75. The molecule has 1 aliphatic carbocycles. The molecule has 0 bridgehead atoms. The molecule has 2 nitrogen and oxygen atoms in total. The molecule has 1 heterocycles. The summed E-state index contributed by atoms with van der Waals surface area (Å²) in [5, 5.41) is 0. The number of allylic oxidation sites excluding steroid dienone is 1. The number of rotatable bonds is 3. The van der Waals surface area contributed by atoms with Crippen molar-refractivity contribution in [3.05, 3.63) is 12.2 Å². The summed E-state index contributed by atoms with van der Waals surface area (Å²) in [6, 6.07) is 0. The van der Waals surface area contributed by atoms with E-state index in [4.69, 9.17) is 0 Å². The number of carbonyl (C=O) groups excluding carboxylic acids is 1. The minimum Gasteiger partial charge on any atom is -0.299 e. The molecule has 2 rings (SSSR count). The second kappa shape index (κ2) is 4.05. The molecule has 2 atom stereocenters. The molecule has 13 heavy (non-hydrogen) atoms. The van der Waals surface area contributed by atoms with Crippen molar-refractivity contribution in [2.75, 3.05) is 19.6 Å². The van der Waals surface area contributed by atoms with Gasteiger partial charge in [-0.2, -0.15) is 0 Å². The lowest BCUT2D eigenvalue weighted by Gasteiger charge is -2.13. The highest BCUT2D eigenvalue weighted by atomic mass is 16.1. The predicted octanol–water partition coefficient (Wildman–Crippen LogP) is 1.47. The molecule has 2 heteroatoms. The maximum absolute atomic E-state index is 10.1. The second-order valence-corrected chi connectivity index (χ2v) is 4.23. The molecule has 1 saturated carbocycles. The van der Waals surface area contributed by atoms with Crippen molar-refractivity contribution >= 4 is 6.29 Å². The zero-order valence-electron chi connectivity index (χ0n) is 7.98. The summed E-state index contributed by atoms with van der Waals surface area (Å²) in [5.74, 6) is 1.93. The van der Waals surface area contributed by atoms with E-state index in [0.717, 1.165) is 24.7 Å². The van der Waals surface area contributed by atoms with Crippen LogP contribution < -0.4 is 0 Å². The Kier molecular flexibility index (Phi) is 2.79. The van der Waals surface area contributed by atoms with Gasteiger partial charge in [-0.3, -0.25) is 9.69 Å². The first-order valence-corrected chi connectivity index (χ1v) is 5.23. The van der Waals surface area contributed by atoms with Crippen LogP contribution >= 0.6 is 0 Å². The van der Waals surface area contributed by atoms with Gasteiger partial charge in [0.15, 0.2) is 0 Å². The first kappa shape index (κ1) is 8.95. The zero-order chi connectivity index (χ0) is 9.10. The Labute approximate surface area is 79.6 Å². The number of likely N-dealkylation sites (tertiary alicyclic amines) is 1. The molecule has 1 saturated heterocycles. The van der Waals surface area contributed by atoms with Crippen molar-refractivity contribution in [2.45, 2.75) is 19.3 Å². The van der Waals surface area contributed by atoms with Crippen LogP contribution in [0.3, 0.4) is 0 Å².